The van der Waals surface area contributed by atoms with Crippen molar-refractivity contribution in [2.24, 2.45) is 0 Å². The van der Waals surface area contributed by atoms with Gasteiger partial charge in [0.2, 0.25) is 0 Å². The summed E-state index contributed by atoms with van der Waals surface area (Å²) in [6.45, 7) is 4.28. The van der Waals surface area contributed by atoms with E-state index in [0.29, 0.717) is 24.4 Å². The first-order valence-electron chi connectivity index (χ1n) is 29.1. The van der Waals surface area contributed by atoms with Crippen LogP contribution >= 0.6 is 8.24 Å². The Bertz CT molecular complexity index is 2410. The maximum absolute atomic E-state index is 6.31. The van der Waals surface area contributed by atoms with Gasteiger partial charge in [-0.2, -0.15) is 0 Å². The van der Waals surface area contributed by atoms with Crippen LogP contribution in [0.15, 0.2) is 81.2 Å². The minimum absolute atomic E-state index is 0.0907. The zero-order valence-corrected chi connectivity index (χ0v) is 52.0. The van der Waals surface area contributed by atoms with Gasteiger partial charge in [0.25, 0.3) is 0 Å². The predicted octanol–water partition coefficient (Wildman–Crippen LogP) is 5.84. The molecule has 0 amide bonds. The molecule has 1 heterocycles. The molecule has 92 heavy (non-hydrogen) atoms. The van der Waals surface area contributed by atoms with E-state index < -0.39 is 8.24 Å². The third-order valence-electron chi connectivity index (χ3n) is 10.2. The second-order valence-electron chi connectivity index (χ2n) is 16.9. The molecule has 5 rings (SSSR count). The first kappa shape index (κ1) is 78.6. The van der Waals surface area contributed by atoms with E-state index in [1.54, 1.807) is 7.11 Å². The molecule has 0 saturated carbocycles. The summed E-state index contributed by atoms with van der Waals surface area (Å²) in [7, 11) is -0.228. The zero-order valence-electron chi connectivity index (χ0n) is 51.1. The van der Waals surface area contributed by atoms with Crippen LogP contribution in [0.25, 0.3) is 43.5 Å². The second-order valence-corrected chi connectivity index (χ2v) is 17.9. The molecule has 1 aromatic heterocycles. The molecule has 0 N–H and O–H groups in total. The van der Waals surface area contributed by atoms with E-state index >= 15 is 0 Å². The molecular formula is C55H83O36P. The lowest BCUT2D eigenvalue weighted by molar-refractivity contribution is -0.381. The predicted molar refractivity (Wildman–Crippen MR) is 305 cm³/mol. The highest BCUT2D eigenvalue weighted by molar-refractivity contribution is 7.31. The summed E-state index contributed by atoms with van der Waals surface area (Å²) in [5, 5.41) is 6.24. The topological polar surface area (TPSA) is 340 Å². The number of benzene rings is 4. The molecule has 0 unspecified atom stereocenters. The summed E-state index contributed by atoms with van der Waals surface area (Å²) in [5.74, 6) is 0. The number of hydrogen-bond donors (Lipinski definition) is 0. The smallest absolute Gasteiger partial charge is 0.387 e. The van der Waals surface area contributed by atoms with E-state index in [2.05, 4.69) is 24.3 Å². The summed E-state index contributed by atoms with van der Waals surface area (Å²) < 4.78 is 23.4. The van der Waals surface area contributed by atoms with Gasteiger partial charge in [-0.05, 0) is 33.7 Å². The number of ether oxygens (including phenoxy) is 1. The van der Waals surface area contributed by atoms with Gasteiger partial charge in [0.05, 0.1) is 13.2 Å². The summed E-state index contributed by atoms with van der Waals surface area (Å²) in [6, 6.07) is 24.4. The Labute approximate surface area is 529 Å². The largest absolute Gasteiger partial charge is 0.399 e. The van der Waals surface area contributed by atoms with Gasteiger partial charge in [0, 0.05) is 17.9 Å². The maximum atomic E-state index is 6.31. The monoisotopic (exact) mass is 1350 g/mol. The standard InChI is InChI=1S/C55H83O36P/c1-56-14-15-57-58-16-17-59-60-18-19-61-62-20-21-63-64-22-23-65-66-24-25-67-68-26-27-69-70-28-29-71-72-30-31-73-74-32-33-75-76-34-35-77-78-36-37-79-80-38-39-81-82-40-41-83-84-42-43-85-86-44-45-87-88-46-47-89-92-90-52-12-10-48-6-2-4-8-50(48)54(52)55-51-9-5-3-7-49(51)11-13-53(55)91-92/h2-13H,14-47H2,1H3. The molecule has 0 saturated heterocycles. The lowest BCUT2D eigenvalue weighted by atomic mass is 9.99. The lowest BCUT2D eigenvalue weighted by Crippen LogP contribution is -2.14. The highest BCUT2D eigenvalue weighted by Crippen LogP contribution is 2.40. The molecule has 37 heteroatoms. The average Bonchev–Trinajstić information content (AvgIpc) is 1.38. The summed E-state index contributed by atoms with van der Waals surface area (Å²) in [5.41, 5.74) is 1.36. The first-order valence-corrected chi connectivity index (χ1v) is 30.2. The third kappa shape index (κ3) is 39.7. The van der Waals surface area contributed by atoms with E-state index in [9.17, 15) is 0 Å². The van der Waals surface area contributed by atoms with E-state index in [4.69, 9.17) is 174 Å². The van der Waals surface area contributed by atoms with Gasteiger partial charge in [-0.25, -0.2) is 156 Å². The van der Waals surface area contributed by atoms with E-state index in [0.717, 1.165) is 32.3 Å². The Kier molecular flexibility index (Phi) is 49.8. The van der Waals surface area contributed by atoms with Crippen molar-refractivity contribution in [3.63, 3.8) is 0 Å². The van der Waals surface area contributed by atoms with Crippen molar-refractivity contribution < 1.29 is 174 Å². The molecular weight excluding hydrogens is 1270 g/mol. The van der Waals surface area contributed by atoms with Crippen molar-refractivity contribution in [1.82, 2.24) is 0 Å². The molecule has 0 aliphatic rings. The highest BCUT2D eigenvalue weighted by Gasteiger charge is 2.14. The van der Waals surface area contributed by atoms with Gasteiger partial charge in [-0.15, -0.1) is 0 Å². The van der Waals surface area contributed by atoms with Crippen LogP contribution in [-0.4, -0.2) is 232 Å². The number of hydrogen-bond acceptors (Lipinski definition) is 36. The van der Waals surface area contributed by atoms with Crippen LogP contribution in [0.3, 0.4) is 0 Å². The molecule has 0 spiro atoms. The SMILES string of the molecule is COCCOOCCOOCCOOCCOOCCOOCCOOCCOOCCOOCCOOCCOOCCOOCCOOCCOOCCOOCCOOCCOOCCOp1oc2ccc3ccccc3c2c2c(ccc3ccccc32)o1. The summed E-state index contributed by atoms with van der Waals surface area (Å²) in [6.07, 6.45) is 0. The molecule has 0 aliphatic carbocycles. The fourth-order valence-corrected chi connectivity index (χ4v) is 7.56. The minimum atomic E-state index is -1.79. The van der Waals surface area contributed by atoms with Crippen LogP contribution < -0.4 is 4.52 Å². The molecule has 524 valence electrons. The molecule has 0 bridgehead atoms. The van der Waals surface area contributed by atoms with Gasteiger partial charge in [0.15, 0.2) is 0 Å². The lowest BCUT2D eigenvalue weighted by Gasteiger charge is -2.07. The van der Waals surface area contributed by atoms with E-state index in [1.165, 1.54) is 0 Å². The number of fused-ring (bicyclic) bond motifs is 7. The van der Waals surface area contributed by atoms with Crippen molar-refractivity contribution in [1.29, 1.82) is 0 Å². The molecule has 0 atom stereocenters. The third-order valence-corrected chi connectivity index (χ3v) is 11.3. The second kappa shape index (κ2) is 58.3. The fraction of sp³-hybridized carbons (Fsp3) is 0.636. The van der Waals surface area contributed by atoms with Crippen LogP contribution in [-0.2, 0) is 161 Å². The molecule has 4 aromatic carbocycles. The Hall–Kier alpha value is -4.06. The highest BCUT2D eigenvalue weighted by atomic mass is 31.1. The average molecular weight is 1350 g/mol. The van der Waals surface area contributed by atoms with Crippen LogP contribution in [0.2, 0.25) is 0 Å². The van der Waals surface area contributed by atoms with Crippen molar-refractivity contribution in [3.8, 4) is 0 Å². The van der Waals surface area contributed by atoms with E-state index in [1.807, 2.05) is 48.5 Å². The summed E-state index contributed by atoms with van der Waals surface area (Å²) in [4.78, 5) is 158. The van der Waals surface area contributed by atoms with Crippen LogP contribution in [0.1, 0.15) is 0 Å². The van der Waals surface area contributed by atoms with E-state index in [-0.39, 0.29) is 211 Å². The number of methoxy groups -OCH3 is 1. The van der Waals surface area contributed by atoms with Crippen molar-refractivity contribution in [2.75, 3.05) is 232 Å². The quantitative estimate of drug-likeness (QED) is 0.0250. The van der Waals surface area contributed by atoms with Gasteiger partial charge >= 0.3 is 8.24 Å². The first-order chi connectivity index (χ1) is 45.8. The van der Waals surface area contributed by atoms with Crippen molar-refractivity contribution in [3.05, 3.63) is 72.8 Å². The van der Waals surface area contributed by atoms with Crippen LogP contribution in [0.5, 0.6) is 0 Å². The Balaban J connectivity index is 0.636. The van der Waals surface area contributed by atoms with Crippen molar-refractivity contribution in [2.45, 2.75) is 0 Å². The molecule has 0 radical (unpaired) electrons. The van der Waals surface area contributed by atoms with Gasteiger partial charge in [-0.1, -0.05) is 60.7 Å². The van der Waals surface area contributed by atoms with Crippen LogP contribution in [0, 0.1) is 0 Å². The molecule has 0 fully saturated rings. The van der Waals surface area contributed by atoms with Gasteiger partial charge in [0.1, 0.15) is 223 Å². The molecule has 0 aliphatic heterocycles. The zero-order chi connectivity index (χ0) is 64.2. The van der Waals surface area contributed by atoms with Gasteiger partial charge < -0.3 is 13.1 Å². The Morgan fingerprint density at radius 2 is 0.402 bits per heavy atom. The fourth-order valence-electron chi connectivity index (χ4n) is 6.57. The Morgan fingerprint density at radius 1 is 0.217 bits per heavy atom. The summed E-state index contributed by atoms with van der Waals surface area (Å²) >= 11 is 0. The minimum Gasteiger partial charge on any atom is -0.399 e. The Morgan fingerprint density at radius 3 is 0.609 bits per heavy atom. The van der Waals surface area contributed by atoms with Crippen LogP contribution in [0.4, 0.5) is 0 Å². The van der Waals surface area contributed by atoms with Gasteiger partial charge in [-0.3, -0.25) is 4.52 Å². The number of rotatable bonds is 68. The molecule has 36 nitrogen and oxygen atoms in total. The maximum Gasteiger partial charge on any atom is 0.387 e. The molecule has 5 aromatic rings. The van der Waals surface area contributed by atoms with Crippen molar-refractivity contribution >= 4 is 51.7 Å². The normalized spacial score (nSPS) is 11.9.